The van der Waals surface area contributed by atoms with Gasteiger partial charge in [-0.2, -0.15) is 81.6 Å². The molecule has 3 heterocycles. The number of nitrogens with zero attached hydrogens (tertiary/aromatic N) is 6. The van der Waals surface area contributed by atoms with Crippen LogP contribution < -0.4 is 31.3 Å². The second-order valence-corrected chi connectivity index (χ2v) is 16.2. The fourth-order valence-electron chi connectivity index (χ4n) is 6.79. The van der Waals surface area contributed by atoms with Crippen molar-refractivity contribution >= 4 is 85.7 Å². The number of fused-ring (bicyclic) bond motifs is 6. The molecular formula is C36H3F21N6S3. The minimum atomic E-state index is -6.00. The lowest BCUT2D eigenvalue weighted by atomic mass is 10.1. The zero-order valence-corrected chi connectivity index (χ0v) is 32.8. The Balaban J connectivity index is 1.76. The fourth-order valence-corrected chi connectivity index (χ4v) is 9.63. The van der Waals surface area contributed by atoms with Crippen molar-refractivity contribution < 1.29 is 92.2 Å². The molecule has 0 amide bonds. The number of hydrogen-bond donors (Lipinski definition) is 0. The molecule has 66 heavy (non-hydrogen) atoms. The third-order valence-corrected chi connectivity index (χ3v) is 12.5. The second kappa shape index (κ2) is 15.0. The highest BCUT2D eigenvalue weighted by molar-refractivity contribution is 7.13. The second-order valence-electron chi connectivity index (χ2n) is 13.0. The molecule has 4 aromatic rings. The van der Waals surface area contributed by atoms with Gasteiger partial charge in [-0.05, 0) is 6.92 Å². The van der Waals surface area contributed by atoms with Gasteiger partial charge in [0.1, 0.15) is 94.7 Å². The third-order valence-electron chi connectivity index (χ3n) is 9.23. The normalized spacial score (nSPS) is 17.9. The van der Waals surface area contributed by atoms with Crippen molar-refractivity contribution in [1.29, 1.82) is 15.8 Å². The van der Waals surface area contributed by atoms with E-state index in [1.54, 1.807) is 0 Å². The zero-order chi connectivity index (χ0) is 49.5. The number of aryl methyl sites for hydroxylation is 1. The Morgan fingerprint density at radius 3 is 0.788 bits per heavy atom. The fraction of sp³-hybridized carbons (Fsp3) is 0.167. The molecule has 0 bridgehead atoms. The van der Waals surface area contributed by atoms with E-state index in [0.717, 1.165) is 25.1 Å². The first-order valence-corrected chi connectivity index (χ1v) is 18.9. The Bertz CT molecular complexity index is 3310. The molecule has 1 aromatic carbocycles. The van der Waals surface area contributed by atoms with Crippen molar-refractivity contribution in [1.82, 2.24) is 15.0 Å². The monoisotopic (exact) mass is 1010 g/mol. The molecule has 7 rings (SSSR count). The van der Waals surface area contributed by atoms with E-state index in [-0.39, 0.29) is 11.3 Å². The van der Waals surface area contributed by atoms with E-state index in [9.17, 15) is 81.6 Å². The molecule has 3 aromatic heterocycles. The van der Waals surface area contributed by atoms with Gasteiger partial charge < -0.3 is 0 Å². The summed E-state index contributed by atoms with van der Waals surface area (Å²) in [5.74, 6) is -14.9. The van der Waals surface area contributed by atoms with E-state index in [1.807, 2.05) is 0 Å². The van der Waals surface area contributed by atoms with Crippen LogP contribution in [0.3, 0.4) is 0 Å². The quantitative estimate of drug-likeness (QED) is 0.150. The molecule has 3 aliphatic carbocycles. The number of rotatable bonds is 3. The van der Waals surface area contributed by atoms with Gasteiger partial charge in [0.25, 0.3) is 0 Å². The van der Waals surface area contributed by atoms with Gasteiger partial charge in [-0.15, -0.1) is 34.0 Å². The molecule has 30 heteroatoms. The van der Waals surface area contributed by atoms with Gasteiger partial charge in [-0.3, -0.25) is 0 Å². The number of benzene rings is 1. The first kappa shape index (κ1) is 47.5. The van der Waals surface area contributed by atoms with E-state index in [1.165, 1.54) is 0 Å². The van der Waals surface area contributed by atoms with Crippen molar-refractivity contribution in [3.8, 4) is 18.2 Å². The maximum atomic E-state index is 16.9. The van der Waals surface area contributed by atoms with Gasteiger partial charge in [-0.25, -0.2) is 41.3 Å². The summed E-state index contributed by atoms with van der Waals surface area (Å²) in [4.78, 5) is 2.40. The largest absolute Gasteiger partial charge is 0.434 e. The van der Waals surface area contributed by atoms with Gasteiger partial charge in [0.05, 0.1) is 16.7 Å². The van der Waals surface area contributed by atoms with Crippen LogP contribution in [0.25, 0.3) is 51.7 Å². The van der Waals surface area contributed by atoms with E-state index >= 15 is 26.3 Å². The van der Waals surface area contributed by atoms with Crippen LogP contribution in [0.2, 0.25) is 0 Å². The molecule has 0 unspecified atom stereocenters. The Morgan fingerprint density at radius 2 is 0.606 bits per heavy atom. The van der Waals surface area contributed by atoms with Crippen LogP contribution >= 0.6 is 34.0 Å². The number of nitriles is 3. The van der Waals surface area contributed by atoms with Gasteiger partial charge in [0, 0.05) is 36.2 Å². The van der Waals surface area contributed by atoms with Crippen molar-refractivity contribution in [2.24, 2.45) is 0 Å². The first-order valence-electron chi connectivity index (χ1n) is 16.5. The van der Waals surface area contributed by atoms with Crippen molar-refractivity contribution in [3.05, 3.63) is 94.8 Å². The SMILES string of the molecule is Cc1sc(C(C#N)=C2C(F)=c3c(c4c(c5c3=C(F)/C(=C(\C#N)c3nc(C(F)(F)F)c(C(F)(F)F)s3)C=5F)=C(F)/C(=C(\C#N)c3nc(C(F)(F)F)c(C(F)(F)F)s3)C=4F)=C2F)nc1C(F)(F)F. The molecule has 0 N–H and O–H groups in total. The number of halogens is 21. The molecule has 0 saturated carbocycles. The molecule has 0 fully saturated rings. The highest BCUT2D eigenvalue weighted by atomic mass is 32.1. The standard InChI is InChI=1S/C36H3F21N6S3/c1-5-24(32(43,44)45)61-29(64-5)6(2-58)9-18(37)12-13(19(9)38)15-17(23(42)11(21(15)40)8(4-60)31-63-26(34(49,50)51)28(66-31)36(55,56)57)16-14(12)20(39)10(22(16)41)7(3-59)30-62-25(33(46,47)48)27(65-30)35(52,53)54/h1H3/b9-6?,10-7-,11-8+. The van der Waals surface area contributed by atoms with Gasteiger partial charge in [-0.1, -0.05) is 0 Å². The van der Waals surface area contributed by atoms with E-state index in [2.05, 4.69) is 15.0 Å². The lowest BCUT2D eigenvalue weighted by Crippen LogP contribution is -2.64. The smallest absolute Gasteiger partial charge is 0.230 e. The van der Waals surface area contributed by atoms with Crippen molar-refractivity contribution in [3.63, 3.8) is 0 Å². The molecule has 0 radical (unpaired) electrons. The minimum absolute atomic E-state index is 0.0581. The molecule has 0 saturated heterocycles. The summed E-state index contributed by atoms with van der Waals surface area (Å²) in [6.07, 6.45) is -29.2. The predicted octanol–water partition coefficient (Wildman–Crippen LogP) is 8.90. The van der Waals surface area contributed by atoms with E-state index < -0.39 is 200 Å². The van der Waals surface area contributed by atoms with Crippen LogP contribution in [0, 0.1) is 40.9 Å². The number of alkyl halides is 15. The van der Waals surface area contributed by atoms with Crippen LogP contribution in [0.5, 0.6) is 0 Å². The zero-order valence-electron chi connectivity index (χ0n) is 30.3. The number of hydrogen-bond acceptors (Lipinski definition) is 9. The van der Waals surface area contributed by atoms with Crippen LogP contribution in [0.1, 0.15) is 46.7 Å². The number of thiazole rings is 3. The molecular weight excluding hydrogens is 1010 g/mol. The summed E-state index contributed by atoms with van der Waals surface area (Å²) in [7, 11) is 0. The minimum Gasteiger partial charge on any atom is -0.230 e. The van der Waals surface area contributed by atoms with Crippen LogP contribution in [-0.4, -0.2) is 15.0 Å². The lowest BCUT2D eigenvalue weighted by molar-refractivity contribution is -0.162. The van der Waals surface area contributed by atoms with E-state index in [4.69, 9.17) is 0 Å². The Labute approximate surface area is 358 Å². The third kappa shape index (κ3) is 7.05. The average Bonchev–Trinajstić information content (AvgIpc) is 4.03. The summed E-state index contributed by atoms with van der Waals surface area (Å²) < 4.78 is 307. The number of allylic oxidation sites excluding steroid dienone is 6. The summed E-state index contributed by atoms with van der Waals surface area (Å²) in [5.41, 5.74) is -18.8. The first-order chi connectivity index (χ1) is 30.2. The summed E-state index contributed by atoms with van der Waals surface area (Å²) >= 11 is -2.16. The van der Waals surface area contributed by atoms with Crippen molar-refractivity contribution in [2.75, 3.05) is 0 Å². The van der Waals surface area contributed by atoms with E-state index in [0.29, 0.717) is 0 Å². The van der Waals surface area contributed by atoms with Crippen LogP contribution in [0.15, 0.2) is 16.7 Å². The maximum Gasteiger partial charge on any atom is 0.434 e. The highest BCUT2D eigenvalue weighted by Gasteiger charge is 2.50. The maximum absolute atomic E-state index is 16.9. The van der Waals surface area contributed by atoms with Crippen LogP contribution in [0.4, 0.5) is 92.2 Å². The summed E-state index contributed by atoms with van der Waals surface area (Å²) in [6, 6.07) is 2.81. The average molecular weight is 1010 g/mol. The molecule has 0 spiro atoms. The molecule has 3 aliphatic rings. The topological polar surface area (TPSA) is 110 Å². The molecule has 342 valence electrons. The van der Waals surface area contributed by atoms with Gasteiger partial charge in [0.15, 0.2) is 17.1 Å². The molecule has 6 nitrogen and oxygen atoms in total. The Kier molecular flexibility index (Phi) is 10.8. The highest BCUT2D eigenvalue weighted by Crippen LogP contribution is 2.48. The summed E-state index contributed by atoms with van der Waals surface area (Å²) in [6.45, 7) is 0.760. The molecule has 0 atom stereocenters. The van der Waals surface area contributed by atoms with Gasteiger partial charge >= 0.3 is 30.9 Å². The Hall–Kier alpha value is -6.45. The number of aromatic nitrogens is 3. The Morgan fingerprint density at radius 1 is 0.379 bits per heavy atom. The lowest BCUT2D eigenvalue weighted by Gasteiger charge is -2.08. The van der Waals surface area contributed by atoms with Crippen molar-refractivity contribution in [2.45, 2.75) is 37.8 Å². The summed E-state index contributed by atoms with van der Waals surface area (Å²) in [5, 5.41) is 13.6. The van der Waals surface area contributed by atoms with Gasteiger partial charge in [0.2, 0.25) is 0 Å². The molecule has 0 aliphatic heterocycles. The predicted molar refractivity (Wildman–Crippen MR) is 185 cm³/mol. The van der Waals surface area contributed by atoms with Crippen LogP contribution in [-0.2, 0) is 30.9 Å².